The van der Waals surface area contributed by atoms with E-state index in [9.17, 15) is 0 Å². The fraction of sp³-hybridized carbons (Fsp3) is 0.889. The lowest BCUT2D eigenvalue weighted by Gasteiger charge is -2.45. The fourth-order valence-corrected chi connectivity index (χ4v) is 1.51. The zero-order chi connectivity index (χ0) is 8.48. The van der Waals surface area contributed by atoms with E-state index in [1.54, 1.807) is 0 Å². The Labute approximate surface area is 68.6 Å². The lowest BCUT2D eigenvalue weighted by atomic mass is 9.67. The molecule has 2 unspecified atom stereocenters. The van der Waals surface area contributed by atoms with Crippen molar-refractivity contribution in [3.63, 3.8) is 0 Å². The molecule has 1 aliphatic carbocycles. The van der Waals surface area contributed by atoms with Gasteiger partial charge in [-0.2, -0.15) is 5.26 Å². The average molecular weight is 152 g/mol. The van der Waals surface area contributed by atoms with Crippen molar-refractivity contribution in [3.05, 3.63) is 0 Å². The molecule has 1 fully saturated rings. The van der Waals surface area contributed by atoms with E-state index < -0.39 is 0 Å². The van der Waals surface area contributed by atoms with Gasteiger partial charge in [0.2, 0.25) is 0 Å². The molecule has 1 aliphatic rings. The van der Waals surface area contributed by atoms with Crippen LogP contribution in [0.15, 0.2) is 0 Å². The average Bonchev–Trinajstić information content (AvgIpc) is 1.98. The van der Waals surface area contributed by atoms with Crippen molar-refractivity contribution in [3.8, 4) is 6.07 Å². The summed E-state index contributed by atoms with van der Waals surface area (Å²) < 4.78 is 0. The molecule has 2 atom stereocenters. The number of nitrogens with one attached hydrogen (secondary N) is 1. The molecule has 0 heterocycles. The molecule has 0 radical (unpaired) electrons. The first-order valence-electron chi connectivity index (χ1n) is 4.22. The van der Waals surface area contributed by atoms with Crippen molar-refractivity contribution in [2.45, 2.75) is 45.7 Å². The van der Waals surface area contributed by atoms with Crippen LogP contribution in [0, 0.1) is 16.7 Å². The topological polar surface area (TPSA) is 35.8 Å². The Morgan fingerprint density at radius 3 is 2.55 bits per heavy atom. The zero-order valence-corrected chi connectivity index (χ0v) is 7.52. The smallest absolute Gasteiger partial charge is 0.0926 e. The molecule has 0 amide bonds. The number of hydrogen-bond donors (Lipinski definition) is 1. The molecule has 0 spiro atoms. The molecule has 2 nitrogen and oxygen atoms in total. The summed E-state index contributed by atoms with van der Waals surface area (Å²) >= 11 is 0. The maximum atomic E-state index is 8.56. The minimum atomic E-state index is -0.000394. The summed E-state index contributed by atoms with van der Waals surface area (Å²) in [5.41, 5.74) is 0.408. The molecule has 0 bridgehead atoms. The molecule has 1 N–H and O–H groups in total. The van der Waals surface area contributed by atoms with E-state index in [0.717, 1.165) is 0 Å². The SMILES string of the molecule is CC(C#N)NC1CCC1(C)C. The predicted molar refractivity (Wildman–Crippen MR) is 45.0 cm³/mol. The Morgan fingerprint density at radius 1 is 1.64 bits per heavy atom. The van der Waals surface area contributed by atoms with Gasteiger partial charge in [0.05, 0.1) is 12.1 Å². The predicted octanol–water partition coefficient (Wildman–Crippen LogP) is 1.68. The largest absolute Gasteiger partial charge is 0.299 e. The highest BCUT2D eigenvalue weighted by molar-refractivity contribution is 4.98. The fourth-order valence-electron chi connectivity index (χ4n) is 1.51. The van der Waals surface area contributed by atoms with Crippen LogP contribution in [0.5, 0.6) is 0 Å². The second-order valence-electron chi connectivity index (χ2n) is 4.10. The van der Waals surface area contributed by atoms with Gasteiger partial charge >= 0.3 is 0 Å². The number of hydrogen-bond acceptors (Lipinski definition) is 2. The van der Waals surface area contributed by atoms with Crippen molar-refractivity contribution >= 4 is 0 Å². The van der Waals surface area contributed by atoms with Crippen molar-refractivity contribution < 1.29 is 0 Å². The molecular formula is C9H16N2. The van der Waals surface area contributed by atoms with E-state index in [1.807, 2.05) is 6.92 Å². The van der Waals surface area contributed by atoms with Gasteiger partial charge in [-0.05, 0) is 25.2 Å². The van der Waals surface area contributed by atoms with Crippen molar-refractivity contribution in [1.82, 2.24) is 5.32 Å². The molecular weight excluding hydrogens is 136 g/mol. The van der Waals surface area contributed by atoms with Crippen molar-refractivity contribution in [1.29, 1.82) is 5.26 Å². The van der Waals surface area contributed by atoms with Gasteiger partial charge in [0.1, 0.15) is 0 Å². The van der Waals surface area contributed by atoms with Crippen molar-refractivity contribution in [2.75, 3.05) is 0 Å². The van der Waals surface area contributed by atoms with E-state index in [2.05, 4.69) is 25.2 Å². The molecule has 11 heavy (non-hydrogen) atoms. The third-order valence-corrected chi connectivity index (χ3v) is 2.67. The summed E-state index contributed by atoms with van der Waals surface area (Å²) in [6, 6.07) is 2.74. The van der Waals surface area contributed by atoms with Crippen LogP contribution in [-0.2, 0) is 0 Å². The highest BCUT2D eigenvalue weighted by atomic mass is 15.0. The molecule has 0 saturated heterocycles. The van der Waals surface area contributed by atoms with Gasteiger partial charge in [-0.3, -0.25) is 5.32 Å². The molecule has 0 aromatic carbocycles. The molecule has 62 valence electrons. The van der Waals surface area contributed by atoms with Crippen LogP contribution in [-0.4, -0.2) is 12.1 Å². The van der Waals surface area contributed by atoms with E-state index in [0.29, 0.717) is 11.5 Å². The normalized spacial score (nSPS) is 30.2. The van der Waals surface area contributed by atoms with Crippen LogP contribution in [0.1, 0.15) is 33.6 Å². The van der Waals surface area contributed by atoms with Crippen LogP contribution in [0.25, 0.3) is 0 Å². The Balaban J connectivity index is 2.35. The molecule has 0 aromatic rings. The van der Waals surface area contributed by atoms with E-state index in [1.165, 1.54) is 12.8 Å². The van der Waals surface area contributed by atoms with Gasteiger partial charge in [-0.25, -0.2) is 0 Å². The summed E-state index contributed by atoms with van der Waals surface area (Å²) in [7, 11) is 0. The highest BCUT2D eigenvalue weighted by Crippen LogP contribution is 2.39. The summed E-state index contributed by atoms with van der Waals surface area (Å²) in [6.45, 7) is 6.41. The Bertz CT molecular complexity index is 178. The Kier molecular flexibility index (Phi) is 2.20. The first kappa shape index (κ1) is 8.55. The summed E-state index contributed by atoms with van der Waals surface area (Å²) in [5.74, 6) is 0. The molecule has 0 aromatic heterocycles. The molecule has 1 saturated carbocycles. The number of nitriles is 1. The zero-order valence-electron chi connectivity index (χ0n) is 7.52. The van der Waals surface area contributed by atoms with E-state index >= 15 is 0 Å². The quantitative estimate of drug-likeness (QED) is 0.653. The third kappa shape index (κ3) is 1.72. The van der Waals surface area contributed by atoms with Gasteiger partial charge < -0.3 is 0 Å². The molecule has 0 aliphatic heterocycles. The highest BCUT2D eigenvalue weighted by Gasteiger charge is 2.38. The maximum Gasteiger partial charge on any atom is 0.0926 e. The van der Waals surface area contributed by atoms with E-state index in [4.69, 9.17) is 5.26 Å². The van der Waals surface area contributed by atoms with Crippen LogP contribution >= 0.6 is 0 Å². The lowest BCUT2D eigenvalue weighted by Crippen LogP contribution is -2.52. The van der Waals surface area contributed by atoms with Crippen LogP contribution in [0.4, 0.5) is 0 Å². The van der Waals surface area contributed by atoms with Crippen LogP contribution in [0.3, 0.4) is 0 Å². The summed E-state index contributed by atoms with van der Waals surface area (Å²) in [4.78, 5) is 0. The third-order valence-electron chi connectivity index (χ3n) is 2.67. The van der Waals surface area contributed by atoms with Gasteiger partial charge in [-0.15, -0.1) is 0 Å². The summed E-state index contributed by atoms with van der Waals surface area (Å²) in [6.07, 6.45) is 2.50. The van der Waals surface area contributed by atoms with Gasteiger partial charge in [0, 0.05) is 6.04 Å². The summed E-state index contributed by atoms with van der Waals surface area (Å²) in [5, 5.41) is 11.9. The second kappa shape index (κ2) is 2.83. The van der Waals surface area contributed by atoms with Crippen LogP contribution < -0.4 is 5.32 Å². The minimum Gasteiger partial charge on any atom is -0.299 e. The van der Waals surface area contributed by atoms with E-state index in [-0.39, 0.29) is 6.04 Å². The van der Waals surface area contributed by atoms with Gasteiger partial charge in [0.15, 0.2) is 0 Å². The Hall–Kier alpha value is -0.550. The number of rotatable bonds is 2. The van der Waals surface area contributed by atoms with Crippen molar-refractivity contribution in [2.24, 2.45) is 5.41 Å². The van der Waals surface area contributed by atoms with Gasteiger partial charge in [-0.1, -0.05) is 13.8 Å². The van der Waals surface area contributed by atoms with Crippen LogP contribution in [0.2, 0.25) is 0 Å². The first-order valence-corrected chi connectivity index (χ1v) is 4.22. The molecule has 2 heteroatoms. The van der Waals surface area contributed by atoms with Gasteiger partial charge in [0.25, 0.3) is 0 Å². The Morgan fingerprint density at radius 2 is 2.27 bits per heavy atom. The lowest BCUT2D eigenvalue weighted by molar-refractivity contribution is 0.105. The molecule has 1 rings (SSSR count). The minimum absolute atomic E-state index is 0.000394. The number of nitrogens with zero attached hydrogens (tertiary/aromatic N) is 1. The first-order chi connectivity index (χ1) is 5.06. The maximum absolute atomic E-state index is 8.56. The standard InChI is InChI=1S/C9H16N2/c1-7(6-10)11-8-4-5-9(8,2)3/h7-8,11H,4-5H2,1-3H3. The second-order valence-corrected chi connectivity index (χ2v) is 4.10. The monoisotopic (exact) mass is 152 g/mol.